The number of rotatable bonds is 5. The van der Waals surface area contributed by atoms with Gasteiger partial charge in [-0.05, 0) is 37.5 Å². The van der Waals surface area contributed by atoms with Crippen LogP contribution in [-0.4, -0.2) is 18.6 Å². The van der Waals surface area contributed by atoms with Crippen LogP contribution in [0.15, 0.2) is 24.3 Å². The molecule has 2 rings (SSSR count). The Morgan fingerprint density at radius 1 is 1.47 bits per heavy atom. The van der Waals surface area contributed by atoms with Gasteiger partial charge in [0.25, 0.3) is 0 Å². The van der Waals surface area contributed by atoms with Gasteiger partial charge in [-0.1, -0.05) is 12.1 Å². The normalized spacial score (nSPS) is 16.6. The molecular weight excluding hydrogens is 221 g/mol. The first-order valence-corrected chi connectivity index (χ1v) is 5.89. The van der Waals surface area contributed by atoms with Crippen molar-refractivity contribution >= 4 is 5.97 Å². The van der Waals surface area contributed by atoms with Crippen molar-refractivity contribution in [3.05, 3.63) is 35.6 Å². The molecule has 1 atom stereocenters. The first-order chi connectivity index (χ1) is 8.20. The maximum Gasteiger partial charge on any atom is 0.327 e. The average Bonchev–Trinajstić information content (AvgIpc) is 3.11. The van der Waals surface area contributed by atoms with Crippen molar-refractivity contribution in [3.63, 3.8) is 0 Å². The van der Waals surface area contributed by atoms with Crippen LogP contribution in [0.3, 0.4) is 0 Å². The molecule has 1 unspecified atom stereocenters. The number of hydrogen-bond acceptors (Lipinski definition) is 3. The maximum absolute atomic E-state index is 12.8. The lowest BCUT2D eigenvalue weighted by atomic mass is 10.1. The van der Waals surface area contributed by atoms with E-state index in [4.69, 9.17) is 4.74 Å². The highest BCUT2D eigenvalue weighted by molar-refractivity contribution is 5.77. The summed E-state index contributed by atoms with van der Waals surface area (Å²) in [5, 5.41) is 3.21. The van der Waals surface area contributed by atoms with Gasteiger partial charge in [-0.25, -0.2) is 9.18 Å². The largest absolute Gasteiger partial charge is 0.465 e. The second kappa shape index (κ2) is 5.27. The summed E-state index contributed by atoms with van der Waals surface area (Å²) in [6.45, 7) is 2.12. The molecule has 0 bridgehead atoms. The Morgan fingerprint density at radius 2 is 2.12 bits per heavy atom. The van der Waals surface area contributed by atoms with Gasteiger partial charge < -0.3 is 4.74 Å². The lowest BCUT2D eigenvalue weighted by Crippen LogP contribution is -2.31. The van der Waals surface area contributed by atoms with E-state index in [0.717, 1.165) is 18.4 Å². The molecule has 1 aromatic rings. The molecule has 0 saturated heterocycles. The van der Waals surface area contributed by atoms with E-state index in [-0.39, 0.29) is 11.8 Å². The Morgan fingerprint density at radius 3 is 2.65 bits per heavy atom. The highest BCUT2D eigenvalue weighted by Crippen LogP contribution is 2.25. The van der Waals surface area contributed by atoms with E-state index in [1.165, 1.54) is 12.1 Å². The zero-order valence-corrected chi connectivity index (χ0v) is 9.78. The lowest BCUT2D eigenvalue weighted by molar-refractivity contribution is -0.145. The van der Waals surface area contributed by atoms with Crippen LogP contribution in [0.25, 0.3) is 0 Å². The molecule has 0 aromatic heterocycles. The molecule has 1 N–H and O–H groups in total. The van der Waals surface area contributed by atoms with Crippen LogP contribution in [0, 0.1) is 5.82 Å². The smallest absolute Gasteiger partial charge is 0.327 e. The fourth-order valence-corrected chi connectivity index (χ4v) is 1.67. The third kappa shape index (κ3) is 3.27. The van der Waals surface area contributed by atoms with Crippen molar-refractivity contribution in [1.29, 1.82) is 0 Å². The molecule has 17 heavy (non-hydrogen) atoms. The molecule has 0 spiro atoms. The van der Waals surface area contributed by atoms with Crippen LogP contribution in [0.2, 0.25) is 0 Å². The molecule has 1 saturated carbocycles. The van der Waals surface area contributed by atoms with Crippen molar-refractivity contribution in [2.75, 3.05) is 6.61 Å². The van der Waals surface area contributed by atoms with Crippen LogP contribution in [0.5, 0.6) is 0 Å². The fourth-order valence-electron chi connectivity index (χ4n) is 1.67. The van der Waals surface area contributed by atoms with Gasteiger partial charge in [-0.3, -0.25) is 5.32 Å². The van der Waals surface area contributed by atoms with E-state index >= 15 is 0 Å². The summed E-state index contributed by atoms with van der Waals surface area (Å²) in [4.78, 5) is 11.8. The molecule has 1 aromatic carbocycles. The van der Waals surface area contributed by atoms with Crippen LogP contribution < -0.4 is 5.32 Å². The second-order valence-electron chi connectivity index (χ2n) is 4.18. The lowest BCUT2D eigenvalue weighted by Gasteiger charge is -2.17. The molecule has 0 radical (unpaired) electrons. The summed E-state index contributed by atoms with van der Waals surface area (Å²) < 4.78 is 17.9. The van der Waals surface area contributed by atoms with E-state index in [1.54, 1.807) is 19.1 Å². The minimum Gasteiger partial charge on any atom is -0.465 e. The van der Waals surface area contributed by atoms with E-state index in [2.05, 4.69) is 5.32 Å². The maximum atomic E-state index is 12.8. The van der Waals surface area contributed by atoms with Gasteiger partial charge in [0.05, 0.1) is 6.61 Å². The molecule has 92 valence electrons. The topological polar surface area (TPSA) is 38.3 Å². The summed E-state index contributed by atoms with van der Waals surface area (Å²) in [5.41, 5.74) is 0.747. The van der Waals surface area contributed by atoms with Crippen LogP contribution in [0.4, 0.5) is 4.39 Å². The highest BCUT2D eigenvalue weighted by atomic mass is 19.1. The average molecular weight is 237 g/mol. The van der Waals surface area contributed by atoms with Gasteiger partial charge in [-0.15, -0.1) is 0 Å². The number of hydrogen-bond donors (Lipinski definition) is 1. The van der Waals surface area contributed by atoms with Gasteiger partial charge in [0, 0.05) is 6.04 Å². The SMILES string of the molecule is CCOC(=O)C(NC1CC1)c1ccc(F)cc1. The first kappa shape index (κ1) is 12.0. The summed E-state index contributed by atoms with van der Waals surface area (Å²) in [6, 6.07) is 5.85. The Labute approximate surface area is 100.0 Å². The Bertz CT molecular complexity index is 387. The number of halogens is 1. The number of ether oxygens (including phenoxy) is 1. The summed E-state index contributed by atoms with van der Waals surface area (Å²) in [5.74, 6) is -0.603. The van der Waals surface area contributed by atoms with Gasteiger partial charge in [0.1, 0.15) is 11.9 Å². The van der Waals surface area contributed by atoms with Crippen molar-refractivity contribution < 1.29 is 13.9 Å². The molecule has 1 aliphatic rings. The van der Waals surface area contributed by atoms with E-state index in [0.29, 0.717) is 12.6 Å². The number of benzene rings is 1. The third-order valence-corrected chi connectivity index (χ3v) is 2.71. The van der Waals surface area contributed by atoms with Crippen LogP contribution in [0.1, 0.15) is 31.4 Å². The Kier molecular flexibility index (Phi) is 3.74. The molecule has 1 fully saturated rings. The fraction of sp³-hybridized carbons (Fsp3) is 0.462. The number of nitrogens with one attached hydrogen (secondary N) is 1. The quantitative estimate of drug-likeness (QED) is 0.798. The van der Waals surface area contributed by atoms with Crippen molar-refractivity contribution in [1.82, 2.24) is 5.32 Å². The predicted molar refractivity (Wildman–Crippen MR) is 61.9 cm³/mol. The van der Waals surface area contributed by atoms with Gasteiger partial charge in [0.2, 0.25) is 0 Å². The van der Waals surface area contributed by atoms with Gasteiger partial charge in [-0.2, -0.15) is 0 Å². The molecule has 1 aliphatic carbocycles. The minimum atomic E-state index is -0.483. The molecule has 4 heteroatoms. The van der Waals surface area contributed by atoms with Crippen LogP contribution >= 0.6 is 0 Å². The minimum absolute atomic E-state index is 0.300. The molecule has 0 amide bonds. The zero-order chi connectivity index (χ0) is 12.3. The van der Waals surface area contributed by atoms with Crippen molar-refractivity contribution in [2.24, 2.45) is 0 Å². The Balaban J connectivity index is 2.12. The number of esters is 1. The first-order valence-electron chi connectivity index (χ1n) is 5.89. The monoisotopic (exact) mass is 237 g/mol. The van der Waals surface area contributed by atoms with Crippen LogP contribution in [-0.2, 0) is 9.53 Å². The summed E-state index contributed by atoms with van der Waals surface area (Å²) in [7, 11) is 0. The molecule has 0 heterocycles. The summed E-state index contributed by atoms with van der Waals surface area (Å²) in [6.07, 6.45) is 2.16. The molecular formula is C13H16FNO2. The Hall–Kier alpha value is -1.42. The molecule has 0 aliphatic heterocycles. The van der Waals surface area contributed by atoms with E-state index < -0.39 is 6.04 Å². The van der Waals surface area contributed by atoms with E-state index in [1.807, 2.05) is 0 Å². The summed E-state index contributed by atoms with van der Waals surface area (Å²) >= 11 is 0. The van der Waals surface area contributed by atoms with Gasteiger partial charge >= 0.3 is 5.97 Å². The predicted octanol–water partition coefficient (Wildman–Crippen LogP) is 2.18. The highest BCUT2D eigenvalue weighted by Gasteiger charge is 2.30. The van der Waals surface area contributed by atoms with Gasteiger partial charge in [0.15, 0.2) is 0 Å². The zero-order valence-electron chi connectivity index (χ0n) is 9.78. The molecule has 3 nitrogen and oxygen atoms in total. The van der Waals surface area contributed by atoms with E-state index in [9.17, 15) is 9.18 Å². The third-order valence-electron chi connectivity index (χ3n) is 2.71. The number of carbonyl (C=O) groups is 1. The van der Waals surface area contributed by atoms with Crippen molar-refractivity contribution in [3.8, 4) is 0 Å². The number of carbonyl (C=O) groups excluding carboxylic acids is 1. The van der Waals surface area contributed by atoms with Crippen molar-refractivity contribution in [2.45, 2.75) is 31.8 Å². The second-order valence-corrected chi connectivity index (χ2v) is 4.18. The standard InChI is InChI=1S/C13H16FNO2/c1-2-17-13(16)12(15-11-7-8-11)9-3-5-10(14)6-4-9/h3-6,11-12,15H,2,7-8H2,1H3.